The highest BCUT2D eigenvalue weighted by Crippen LogP contribution is 2.19. The van der Waals surface area contributed by atoms with Crippen LogP contribution in [0.2, 0.25) is 0 Å². The van der Waals surface area contributed by atoms with Crippen molar-refractivity contribution in [2.24, 2.45) is 0 Å². The molecule has 1 N–H and O–H groups in total. The van der Waals surface area contributed by atoms with Crippen LogP contribution in [-0.4, -0.2) is 62.1 Å². The predicted molar refractivity (Wildman–Crippen MR) is 109 cm³/mol. The van der Waals surface area contributed by atoms with Gasteiger partial charge in [0.2, 0.25) is 0 Å². The number of nitrogens with one attached hydrogen (secondary N) is 1. The molecule has 156 valence electrons. The van der Waals surface area contributed by atoms with E-state index in [9.17, 15) is 14.0 Å². The normalized spacial score (nSPS) is 14.2. The molecule has 10 heteroatoms. The Morgan fingerprint density at radius 2 is 1.90 bits per heavy atom. The first-order valence-corrected chi connectivity index (χ1v) is 9.67. The minimum atomic E-state index is -0.499. The zero-order valence-electron chi connectivity index (χ0n) is 16.3. The van der Waals surface area contributed by atoms with Crippen molar-refractivity contribution in [3.8, 4) is 16.9 Å². The van der Waals surface area contributed by atoms with Gasteiger partial charge in [-0.3, -0.25) is 9.59 Å². The van der Waals surface area contributed by atoms with Crippen molar-refractivity contribution in [1.29, 1.82) is 0 Å². The van der Waals surface area contributed by atoms with Gasteiger partial charge in [-0.15, -0.1) is 5.10 Å². The Hall–Kier alpha value is -3.92. The fourth-order valence-corrected chi connectivity index (χ4v) is 3.47. The molecule has 1 saturated heterocycles. The van der Waals surface area contributed by atoms with Gasteiger partial charge in [0.05, 0.1) is 36.9 Å². The largest absolute Gasteiger partial charge is 0.378 e. The molecule has 0 spiro atoms. The van der Waals surface area contributed by atoms with Gasteiger partial charge in [0, 0.05) is 24.0 Å². The summed E-state index contributed by atoms with van der Waals surface area (Å²) in [5, 5.41) is 8.61. The number of amides is 1. The minimum Gasteiger partial charge on any atom is -0.378 e. The Kier molecular flexibility index (Phi) is 4.75. The van der Waals surface area contributed by atoms with Crippen LogP contribution >= 0.6 is 0 Å². The van der Waals surface area contributed by atoms with E-state index in [1.165, 1.54) is 16.8 Å². The molecule has 0 radical (unpaired) electrons. The molecule has 1 aromatic carbocycles. The first-order valence-electron chi connectivity index (χ1n) is 9.67. The highest BCUT2D eigenvalue weighted by molar-refractivity contribution is 5.94. The van der Waals surface area contributed by atoms with E-state index in [0.29, 0.717) is 54.3 Å². The van der Waals surface area contributed by atoms with E-state index < -0.39 is 11.4 Å². The third-order valence-corrected chi connectivity index (χ3v) is 5.11. The molecule has 0 atom stereocenters. The summed E-state index contributed by atoms with van der Waals surface area (Å²) in [7, 11) is 0. The van der Waals surface area contributed by atoms with Gasteiger partial charge in [0.15, 0.2) is 0 Å². The number of ether oxygens (including phenoxy) is 1. The number of nitrogens with zero attached hydrogens (tertiary/aromatic N) is 5. The molecule has 0 saturated carbocycles. The number of hydrogen-bond donors (Lipinski definition) is 1. The lowest BCUT2D eigenvalue weighted by atomic mass is 10.1. The summed E-state index contributed by atoms with van der Waals surface area (Å²) in [6, 6.07) is 9.79. The van der Waals surface area contributed by atoms with Crippen molar-refractivity contribution in [3.63, 3.8) is 0 Å². The van der Waals surface area contributed by atoms with E-state index in [1.54, 1.807) is 35.4 Å². The number of carbonyl (C=O) groups is 1. The van der Waals surface area contributed by atoms with E-state index in [4.69, 9.17) is 4.74 Å². The molecule has 1 fully saturated rings. The molecule has 3 aromatic heterocycles. The third-order valence-electron chi connectivity index (χ3n) is 5.11. The fourth-order valence-electron chi connectivity index (χ4n) is 3.47. The number of morpholine rings is 1. The Labute approximate surface area is 175 Å². The van der Waals surface area contributed by atoms with Gasteiger partial charge in [-0.05, 0) is 36.4 Å². The lowest BCUT2D eigenvalue weighted by Crippen LogP contribution is -2.40. The van der Waals surface area contributed by atoms with Crippen molar-refractivity contribution < 1.29 is 13.9 Å². The zero-order chi connectivity index (χ0) is 21.4. The Morgan fingerprint density at radius 3 is 2.68 bits per heavy atom. The molecule has 1 amide bonds. The maximum Gasteiger partial charge on any atom is 0.259 e. The van der Waals surface area contributed by atoms with Crippen molar-refractivity contribution in [2.45, 2.75) is 0 Å². The van der Waals surface area contributed by atoms with Crippen LogP contribution in [-0.2, 0) is 4.74 Å². The molecule has 0 aliphatic carbocycles. The molecule has 0 bridgehead atoms. The smallest absolute Gasteiger partial charge is 0.259 e. The quantitative estimate of drug-likeness (QED) is 0.542. The van der Waals surface area contributed by atoms with E-state index in [-0.39, 0.29) is 11.5 Å². The second-order valence-electron chi connectivity index (χ2n) is 7.10. The second kappa shape index (κ2) is 7.73. The predicted octanol–water partition coefficient (Wildman–Crippen LogP) is 1.78. The van der Waals surface area contributed by atoms with Crippen LogP contribution in [0.15, 0.2) is 53.6 Å². The van der Waals surface area contributed by atoms with Crippen molar-refractivity contribution in [2.75, 3.05) is 26.3 Å². The molecule has 1 aliphatic heterocycles. The summed E-state index contributed by atoms with van der Waals surface area (Å²) in [4.78, 5) is 33.2. The summed E-state index contributed by atoms with van der Waals surface area (Å²) in [6.07, 6.45) is 2.64. The summed E-state index contributed by atoms with van der Waals surface area (Å²) in [5.74, 6) is -0.543. The lowest BCUT2D eigenvalue weighted by molar-refractivity contribution is 0.0303. The third kappa shape index (κ3) is 3.68. The topological polar surface area (TPSA) is 106 Å². The van der Waals surface area contributed by atoms with Crippen LogP contribution in [0.4, 0.5) is 4.39 Å². The van der Waals surface area contributed by atoms with Gasteiger partial charge >= 0.3 is 0 Å². The number of fused-ring (bicyclic) bond motifs is 1. The van der Waals surface area contributed by atoms with E-state index in [2.05, 4.69) is 20.3 Å². The van der Waals surface area contributed by atoms with E-state index >= 15 is 0 Å². The van der Waals surface area contributed by atoms with Gasteiger partial charge in [-0.2, -0.15) is 0 Å². The Balaban J connectivity index is 1.42. The SMILES string of the molecule is O=C(c1ccc(-n2cc(-c3cc4cc(F)cnc4[nH]c3=O)nn2)cc1)N1CCOCC1. The van der Waals surface area contributed by atoms with Crippen molar-refractivity contribution >= 4 is 16.9 Å². The van der Waals surface area contributed by atoms with Gasteiger partial charge in [-0.25, -0.2) is 14.1 Å². The molecule has 4 aromatic rings. The second-order valence-corrected chi connectivity index (χ2v) is 7.10. The van der Waals surface area contributed by atoms with Crippen molar-refractivity contribution in [1.82, 2.24) is 29.9 Å². The number of carbonyl (C=O) groups excluding carboxylic acids is 1. The zero-order valence-corrected chi connectivity index (χ0v) is 16.3. The van der Waals surface area contributed by atoms with Gasteiger partial charge in [0.1, 0.15) is 17.2 Å². The van der Waals surface area contributed by atoms with Gasteiger partial charge in [-0.1, -0.05) is 5.21 Å². The average molecular weight is 420 g/mol. The fraction of sp³-hybridized carbons (Fsp3) is 0.190. The molecule has 0 unspecified atom stereocenters. The number of aromatic nitrogens is 5. The van der Waals surface area contributed by atoms with Crippen LogP contribution in [0, 0.1) is 5.82 Å². The Bertz CT molecular complexity index is 1330. The first-order chi connectivity index (χ1) is 15.1. The molecule has 31 heavy (non-hydrogen) atoms. The molecule has 4 heterocycles. The van der Waals surface area contributed by atoms with Crippen LogP contribution < -0.4 is 5.56 Å². The highest BCUT2D eigenvalue weighted by Gasteiger charge is 2.18. The molecule has 5 rings (SSSR count). The number of hydrogen-bond acceptors (Lipinski definition) is 6. The van der Waals surface area contributed by atoms with Crippen LogP contribution in [0.25, 0.3) is 28.0 Å². The number of benzene rings is 1. The summed E-state index contributed by atoms with van der Waals surface area (Å²) < 4.78 is 20.3. The minimum absolute atomic E-state index is 0.0438. The Morgan fingerprint density at radius 1 is 1.13 bits per heavy atom. The van der Waals surface area contributed by atoms with E-state index in [1.807, 2.05) is 0 Å². The molecular weight excluding hydrogens is 403 g/mol. The number of halogens is 1. The molecular formula is C21H17FN6O3. The summed E-state index contributed by atoms with van der Waals surface area (Å²) in [6.45, 7) is 2.24. The standard InChI is InChI=1S/C21H17FN6O3/c22-15-9-14-10-17(20(29)24-19(14)23-11-15)18-12-28(26-25-18)16-3-1-13(2-4-16)21(30)27-5-7-31-8-6-27/h1-4,9-12H,5-8H2,(H,23,24,29). The summed E-state index contributed by atoms with van der Waals surface area (Å²) >= 11 is 0. The lowest BCUT2D eigenvalue weighted by Gasteiger charge is -2.26. The van der Waals surface area contributed by atoms with Gasteiger partial charge in [0.25, 0.3) is 11.5 Å². The van der Waals surface area contributed by atoms with Crippen LogP contribution in [0.1, 0.15) is 10.4 Å². The number of rotatable bonds is 3. The van der Waals surface area contributed by atoms with Crippen LogP contribution in [0.3, 0.4) is 0 Å². The number of aromatic amines is 1. The maximum absolute atomic E-state index is 13.5. The van der Waals surface area contributed by atoms with E-state index in [0.717, 1.165) is 6.20 Å². The summed E-state index contributed by atoms with van der Waals surface area (Å²) in [5.41, 5.74) is 1.74. The molecule has 9 nitrogen and oxygen atoms in total. The monoisotopic (exact) mass is 420 g/mol. The van der Waals surface area contributed by atoms with Crippen LogP contribution in [0.5, 0.6) is 0 Å². The first kappa shape index (κ1) is 19.1. The number of H-pyrrole nitrogens is 1. The maximum atomic E-state index is 13.5. The van der Waals surface area contributed by atoms with Crippen molar-refractivity contribution in [3.05, 3.63) is 70.5 Å². The number of pyridine rings is 2. The van der Waals surface area contributed by atoms with Gasteiger partial charge < -0.3 is 14.6 Å². The highest BCUT2D eigenvalue weighted by atomic mass is 19.1. The average Bonchev–Trinajstić information content (AvgIpc) is 3.29. The molecule has 1 aliphatic rings.